The maximum atomic E-state index is 13.8. The van der Waals surface area contributed by atoms with Crippen LogP contribution in [0.2, 0.25) is 0 Å². The Morgan fingerprint density at radius 1 is 0.838 bits per heavy atom. The van der Waals surface area contributed by atoms with E-state index in [9.17, 15) is 9.59 Å². The topological polar surface area (TPSA) is 67.9 Å². The number of rotatable bonds is 12. The van der Waals surface area contributed by atoms with Gasteiger partial charge in [-0.15, -0.1) is 0 Å². The van der Waals surface area contributed by atoms with Gasteiger partial charge in [0.25, 0.3) is 0 Å². The molecule has 0 saturated heterocycles. The zero-order valence-electron chi connectivity index (χ0n) is 22.5. The van der Waals surface area contributed by atoms with Crippen LogP contribution in [0.3, 0.4) is 0 Å². The molecule has 0 fully saturated rings. The second-order valence-corrected chi connectivity index (χ2v) is 9.57. The SMILES string of the molecule is COc1ccc(CCC(=O)N(Cc2cccc(C)c2)C(Cc2ccccc2)C(=O)NC(C)C)cc1OC. The van der Waals surface area contributed by atoms with Gasteiger partial charge in [-0.3, -0.25) is 9.59 Å². The Morgan fingerprint density at radius 2 is 1.54 bits per heavy atom. The normalized spacial score (nSPS) is 11.6. The number of carbonyl (C=O) groups is 2. The summed E-state index contributed by atoms with van der Waals surface area (Å²) < 4.78 is 10.8. The number of hydrogen-bond acceptors (Lipinski definition) is 4. The molecule has 0 aliphatic heterocycles. The summed E-state index contributed by atoms with van der Waals surface area (Å²) in [6.45, 7) is 6.25. The number of nitrogens with one attached hydrogen (secondary N) is 1. The van der Waals surface area contributed by atoms with Crippen LogP contribution >= 0.6 is 0 Å². The van der Waals surface area contributed by atoms with Crippen molar-refractivity contribution in [2.45, 2.75) is 58.7 Å². The van der Waals surface area contributed by atoms with Crippen LogP contribution in [0, 0.1) is 6.92 Å². The third kappa shape index (κ3) is 8.10. The molecule has 1 N–H and O–H groups in total. The van der Waals surface area contributed by atoms with E-state index in [1.54, 1.807) is 19.1 Å². The maximum Gasteiger partial charge on any atom is 0.243 e. The summed E-state index contributed by atoms with van der Waals surface area (Å²) >= 11 is 0. The van der Waals surface area contributed by atoms with E-state index >= 15 is 0 Å². The Labute approximate surface area is 220 Å². The Hall–Kier alpha value is -3.80. The van der Waals surface area contributed by atoms with Crippen LogP contribution in [-0.4, -0.2) is 43.0 Å². The van der Waals surface area contributed by atoms with E-state index < -0.39 is 6.04 Å². The van der Waals surface area contributed by atoms with Crippen molar-refractivity contribution in [3.63, 3.8) is 0 Å². The number of nitrogens with zero attached hydrogens (tertiary/aromatic N) is 1. The van der Waals surface area contributed by atoms with Gasteiger partial charge in [-0.2, -0.15) is 0 Å². The van der Waals surface area contributed by atoms with Crippen molar-refractivity contribution in [3.05, 3.63) is 95.1 Å². The lowest BCUT2D eigenvalue weighted by molar-refractivity contribution is -0.141. The number of methoxy groups -OCH3 is 2. The van der Waals surface area contributed by atoms with Crippen LogP contribution in [-0.2, 0) is 29.0 Å². The molecule has 0 aliphatic carbocycles. The lowest BCUT2D eigenvalue weighted by Gasteiger charge is -2.32. The zero-order chi connectivity index (χ0) is 26.8. The van der Waals surface area contributed by atoms with Crippen molar-refractivity contribution < 1.29 is 19.1 Å². The summed E-state index contributed by atoms with van der Waals surface area (Å²) in [5, 5.41) is 3.03. The second-order valence-electron chi connectivity index (χ2n) is 9.57. The summed E-state index contributed by atoms with van der Waals surface area (Å²) in [4.78, 5) is 29.0. The van der Waals surface area contributed by atoms with Gasteiger partial charge in [-0.25, -0.2) is 0 Å². The summed E-state index contributed by atoms with van der Waals surface area (Å²) in [6, 6.07) is 22.9. The highest BCUT2D eigenvalue weighted by atomic mass is 16.5. The van der Waals surface area contributed by atoms with Crippen molar-refractivity contribution in [1.82, 2.24) is 10.2 Å². The highest BCUT2D eigenvalue weighted by molar-refractivity contribution is 5.88. The Bertz CT molecular complexity index is 1180. The molecular weight excluding hydrogens is 464 g/mol. The van der Waals surface area contributed by atoms with Gasteiger partial charge in [-0.1, -0.05) is 66.2 Å². The van der Waals surface area contributed by atoms with Gasteiger partial charge in [0.15, 0.2) is 11.5 Å². The third-order valence-electron chi connectivity index (χ3n) is 6.21. The van der Waals surface area contributed by atoms with Gasteiger partial charge in [0.05, 0.1) is 14.2 Å². The number of benzene rings is 3. The van der Waals surface area contributed by atoms with Crippen molar-refractivity contribution in [1.29, 1.82) is 0 Å². The number of aryl methyl sites for hydroxylation is 2. The van der Waals surface area contributed by atoms with Gasteiger partial charge in [-0.05, 0) is 56.0 Å². The fourth-order valence-electron chi connectivity index (χ4n) is 4.37. The van der Waals surface area contributed by atoms with E-state index in [-0.39, 0.29) is 24.3 Å². The summed E-state index contributed by atoms with van der Waals surface area (Å²) in [5.41, 5.74) is 4.08. The molecule has 0 spiro atoms. The molecule has 1 unspecified atom stereocenters. The van der Waals surface area contributed by atoms with E-state index in [0.29, 0.717) is 30.9 Å². The molecule has 3 aromatic rings. The fourth-order valence-corrected chi connectivity index (χ4v) is 4.37. The second kappa shape index (κ2) is 13.5. The monoisotopic (exact) mass is 502 g/mol. The first-order valence-electron chi connectivity index (χ1n) is 12.7. The minimum atomic E-state index is -0.636. The Kier molecular flexibility index (Phi) is 10.1. The average Bonchev–Trinajstić information content (AvgIpc) is 2.89. The molecule has 37 heavy (non-hydrogen) atoms. The predicted octanol–water partition coefficient (Wildman–Crippen LogP) is 5.11. The van der Waals surface area contributed by atoms with Crippen molar-refractivity contribution >= 4 is 11.8 Å². The highest BCUT2D eigenvalue weighted by Gasteiger charge is 2.30. The molecule has 0 heterocycles. The number of carbonyl (C=O) groups excluding carboxylic acids is 2. The molecule has 0 aliphatic rings. The standard InChI is InChI=1S/C31H38N2O4/c1-22(2)32-31(35)27(19-24-11-7-6-8-12-24)33(21-26-13-9-10-23(3)18-26)30(34)17-15-25-14-16-28(36-4)29(20-25)37-5/h6-14,16,18,20,22,27H,15,17,19,21H2,1-5H3,(H,32,35). The average molecular weight is 503 g/mol. The van der Waals surface area contributed by atoms with E-state index in [1.807, 2.05) is 87.5 Å². The highest BCUT2D eigenvalue weighted by Crippen LogP contribution is 2.28. The molecule has 3 rings (SSSR count). The fraction of sp³-hybridized carbons (Fsp3) is 0.355. The van der Waals surface area contributed by atoms with Crippen LogP contribution in [0.15, 0.2) is 72.8 Å². The lowest BCUT2D eigenvalue weighted by atomic mass is 10.0. The van der Waals surface area contributed by atoms with Crippen LogP contribution in [0.4, 0.5) is 0 Å². The number of hydrogen-bond donors (Lipinski definition) is 1. The molecule has 196 valence electrons. The Morgan fingerprint density at radius 3 is 2.19 bits per heavy atom. The van der Waals surface area contributed by atoms with E-state index in [1.165, 1.54) is 0 Å². The summed E-state index contributed by atoms with van der Waals surface area (Å²) in [5.74, 6) is 1.05. The minimum absolute atomic E-state index is 0.0338. The first kappa shape index (κ1) is 27.8. The minimum Gasteiger partial charge on any atom is -0.493 e. The van der Waals surface area contributed by atoms with Gasteiger partial charge >= 0.3 is 0 Å². The van der Waals surface area contributed by atoms with E-state index in [4.69, 9.17) is 9.47 Å². The third-order valence-corrected chi connectivity index (χ3v) is 6.21. The number of ether oxygens (including phenoxy) is 2. The molecule has 0 radical (unpaired) electrons. The van der Waals surface area contributed by atoms with Crippen molar-refractivity contribution in [2.24, 2.45) is 0 Å². The molecule has 1 atom stereocenters. The van der Waals surface area contributed by atoms with Crippen LogP contribution in [0.5, 0.6) is 11.5 Å². The number of amides is 2. The van der Waals surface area contributed by atoms with Crippen LogP contribution < -0.4 is 14.8 Å². The lowest BCUT2D eigenvalue weighted by Crippen LogP contribution is -2.51. The van der Waals surface area contributed by atoms with Gasteiger partial charge < -0.3 is 19.7 Å². The molecule has 2 amide bonds. The zero-order valence-corrected chi connectivity index (χ0v) is 22.5. The maximum absolute atomic E-state index is 13.8. The first-order chi connectivity index (χ1) is 17.8. The molecule has 6 nitrogen and oxygen atoms in total. The molecular formula is C31H38N2O4. The molecule has 0 bridgehead atoms. The van der Waals surface area contributed by atoms with Gasteiger partial charge in [0.2, 0.25) is 11.8 Å². The van der Waals surface area contributed by atoms with Gasteiger partial charge in [0.1, 0.15) is 6.04 Å². The van der Waals surface area contributed by atoms with E-state index in [2.05, 4.69) is 11.4 Å². The smallest absolute Gasteiger partial charge is 0.243 e. The summed E-state index contributed by atoms with van der Waals surface area (Å²) in [6.07, 6.45) is 1.22. The molecule has 0 saturated carbocycles. The quantitative estimate of drug-likeness (QED) is 0.374. The van der Waals surface area contributed by atoms with Crippen molar-refractivity contribution in [2.75, 3.05) is 14.2 Å². The van der Waals surface area contributed by atoms with Crippen LogP contribution in [0.25, 0.3) is 0 Å². The largest absolute Gasteiger partial charge is 0.493 e. The first-order valence-corrected chi connectivity index (χ1v) is 12.7. The molecule has 6 heteroatoms. The van der Waals surface area contributed by atoms with Gasteiger partial charge in [0, 0.05) is 25.4 Å². The predicted molar refractivity (Wildman–Crippen MR) is 147 cm³/mol. The Balaban J connectivity index is 1.90. The molecule has 0 aromatic heterocycles. The van der Waals surface area contributed by atoms with E-state index in [0.717, 1.165) is 22.3 Å². The van der Waals surface area contributed by atoms with Crippen molar-refractivity contribution in [3.8, 4) is 11.5 Å². The van der Waals surface area contributed by atoms with Crippen LogP contribution in [0.1, 0.15) is 42.5 Å². The molecule has 3 aromatic carbocycles. The summed E-state index contributed by atoms with van der Waals surface area (Å²) in [7, 11) is 3.19.